The third kappa shape index (κ3) is 4.67. The maximum Gasteiger partial charge on any atom is 0.118 e. The van der Waals surface area contributed by atoms with Crippen molar-refractivity contribution >= 4 is 5.69 Å². The number of hydrogen-bond acceptors (Lipinski definition) is 3. The molecule has 3 heteroatoms. The molecule has 0 atom stereocenters. The van der Waals surface area contributed by atoms with Crippen LogP contribution in [0.5, 0.6) is 5.75 Å². The highest BCUT2D eigenvalue weighted by atomic mass is 16.5. The summed E-state index contributed by atoms with van der Waals surface area (Å²) in [5.41, 5.74) is 11.8. The SMILES string of the molecule is COc1ccc(CNc2cnc(-c3ccc(C)c(C)c3)c(-c3ccc(C)c(C)c3)c2)cc1. The number of hydrogen-bond donors (Lipinski definition) is 1. The first kappa shape index (κ1) is 21.6. The summed E-state index contributed by atoms with van der Waals surface area (Å²) in [7, 11) is 1.68. The van der Waals surface area contributed by atoms with Crippen LogP contribution in [0, 0.1) is 27.7 Å². The fraction of sp³-hybridized carbons (Fsp3) is 0.207. The molecule has 0 fully saturated rings. The molecular weight excluding hydrogens is 392 g/mol. The molecule has 0 aliphatic heterocycles. The number of ether oxygens (including phenoxy) is 1. The minimum Gasteiger partial charge on any atom is -0.497 e. The Labute approximate surface area is 191 Å². The zero-order chi connectivity index (χ0) is 22.7. The molecule has 0 bridgehead atoms. The molecule has 1 aromatic heterocycles. The lowest BCUT2D eigenvalue weighted by Crippen LogP contribution is -2.01. The van der Waals surface area contributed by atoms with E-state index in [-0.39, 0.29) is 0 Å². The van der Waals surface area contributed by atoms with Crippen molar-refractivity contribution in [1.29, 1.82) is 0 Å². The Kier molecular flexibility index (Phi) is 6.27. The Hall–Kier alpha value is -3.59. The molecule has 0 saturated heterocycles. The van der Waals surface area contributed by atoms with Crippen molar-refractivity contribution in [3.63, 3.8) is 0 Å². The lowest BCUT2D eigenvalue weighted by Gasteiger charge is -2.15. The predicted molar refractivity (Wildman–Crippen MR) is 134 cm³/mol. The number of nitrogens with one attached hydrogen (secondary N) is 1. The van der Waals surface area contributed by atoms with E-state index in [2.05, 4.69) is 87.6 Å². The third-order valence-electron chi connectivity index (χ3n) is 6.14. The summed E-state index contributed by atoms with van der Waals surface area (Å²) < 4.78 is 5.26. The molecule has 0 spiro atoms. The van der Waals surface area contributed by atoms with E-state index in [9.17, 15) is 0 Å². The summed E-state index contributed by atoms with van der Waals surface area (Å²) in [6.45, 7) is 9.32. The number of anilines is 1. The monoisotopic (exact) mass is 422 g/mol. The predicted octanol–water partition coefficient (Wildman–Crippen LogP) is 7.27. The van der Waals surface area contributed by atoms with Crippen LogP contribution in [-0.2, 0) is 6.54 Å². The molecule has 0 radical (unpaired) electrons. The van der Waals surface area contributed by atoms with Crippen molar-refractivity contribution in [1.82, 2.24) is 4.98 Å². The highest BCUT2D eigenvalue weighted by Gasteiger charge is 2.12. The zero-order valence-electron chi connectivity index (χ0n) is 19.5. The van der Waals surface area contributed by atoms with Crippen LogP contribution in [0.15, 0.2) is 72.9 Å². The van der Waals surface area contributed by atoms with Gasteiger partial charge in [-0.05, 0) is 85.3 Å². The largest absolute Gasteiger partial charge is 0.497 e. The number of benzene rings is 3. The van der Waals surface area contributed by atoms with E-state index in [0.29, 0.717) is 0 Å². The van der Waals surface area contributed by atoms with Crippen LogP contribution in [0.25, 0.3) is 22.4 Å². The van der Waals surface area contributed by atoms with Crippen LogP contribution in [0.4, 0.5) is 5.69 Å². The number of aryl methyl sites for hydroxylation is 4. The van der Waals surface area contributed by atoms with E-state index >= 15 is 0 Å². The molecule has 1 heterocycles. The maximum atomic E-state index is 5.26. The van der Waals surface area contributed by atoms with Crippen molar-refractivity contribution in [2.45, 2.75) is 34.2 Å². The normalized spacial score (nSPS) is 10.8. The molecule has 3 aromatic carbocycles. The topological polar surface area (TPSA) is 34.1 Å². The molecule has 0 aliphatic rings. The lowest BCUT2D eigenvalue weighted by molar-refractivity contribution is 0.414. The number of pyridine rings is 1. The van der Waals surface area contributed by atoms with Gasteiger partial charge in [0.15, 0.2) is 0 Å². The number of rotatable bonds is 6. The van der Waals surface area contributed by atoms with Crippen molar-refractivity contribution in [2.24, 2.45) is 0 Å². The lowest BCUT2D eigenvalue weighted by atomic mass is 9.95. The molecular formula is C29H30N2O. The summed E-state index contributed by atoms with van der Waals surface area (Å²) >= 11 is 0. The van der Waals surface area contributed by atoms with Crippen molar-refractivity contribution in [3.8, 4) is 28.1 Å². The molecule has 32 heavy (non-hydrogen) atoms. The number of methoxy groups -OCH3 is 1. The molecule has 162 valence electrons. The van der Waals surface area contributed by atoms with Gasteiger partial charge in [0.1, 0.15) is 5.75 Å². The van der Waals surface area contributed by atoms with Crippen LogP contribution >= 0.6 is 0 Å². The van der Waals surface area contributed by atoms with Crippen molar-refractivity contribution in [2.75, 3.05) is 12.4 Å². The van der Waals surface area contributed by atoms with E-state index < -0.39 is 0 Å². The van der Waals surface area contributed by atoms with Crippen LogP contribution < -0.4 is 10.1 Å². The summed E-state index contributed by atoms with van der Waals surface area (Å²) in [6.07, 6.45) is 1.93. The van der Waals surface area contributed by atoms with Crippen LogP contribution in [0.3, 0.4) is 0 Å². The highest BCUT2D eigenvalue weighted by molar-refractivity contribution is 5.83. The van der Waals surface area contributed by atoms with Crippen LogP contribution in [0.2, 0.25) is 0 Å². The smallest absolute Gasteiger partial charge is 0.118 e. The van der Waals surface area contributed by atoms with Gasteiger partial charge in [-0.15, -0.1) is 0 Å². The van der Waals surface area contributed by atoms with Crippen LogP contribution in [-0.4, -0.2) is 12.1 Å². The molecule has 0 unspecified atom stereocenters. The Morgan fingerprint density at radius 3 is 1.97 bits per heavy atom. The van der Waals surface area contributed by atoms with E-state index in [1.165, 1.54) is 33.4 Å². The Morgan fingerprint density at radius 2 is 1.34 bits per heavy atom. The molecule has 0 aliphatic carbocycles. The van der Waals surface area contributed by atoms with Gasteiger partial charge in [0.25, 0.3) is 0 Å². The Morgan fingerprint density at radius 1 is 0.719 bits per heavy atom. The number of nitrogens with zero attached hydrogens (tertiary/aromatic N) is 1. The molecule has 4 aromatic rings. The second-order valence-corrected chi connectivity index (χ2v) is 8.42. The van der Waals surface area contributed by atoms with Crippen molar-refractivity contribution < 1.29 is 4.74 Å². The third-order valence-corrected chi connectivity index (χ3v) is 6.14. The Bertz CT molecular complexity index is 1240. The standard InChI is InChI=1S/C29H30N2O/c1-19-6-10-24(14-21(19)3)28-16-26(30-17-23-8-12-27(32-5)13-9-23)18-31-29(28)25-11-7-20(2)22(4)15-25/h6-16,18,30H,17H2,1-5H3. The van der Waals surface area contributed by atoms with Gasteiger partial charge in [-0.3, -0.25) is 4.98 Å². The molecule has 0 amide bonds. The van der Waals surface area contributed by atoms with Gasteiger partial charge >= 0.3 is 0 Å². The fourth-order valence-corrected chi connectivity index (χ4v) is 3.76. The summed E-state index contributed by atoms with van der Waals surface area (Å²) in [5.74, 6) is 0.866. The second-order valence-electron chi connectivity index (χ2n) is 8.42. The average Bonchev–Trinajstić information content (AvgIpc) is 2.81. The minimum absolute atomic E-state index is 0.723. The van der Waals surface area contributed by atoms with E-state index in [4.69, 9.17) is 9.72 Å². The van der Waals surface area contributed by atoms with E-state index in [1.54, 1.807) is 7.11 Å². The quantitative estimate of drug-likeness (QED) is 0.355. The zero-order valence-corrected chi connectivity index (χ0v) is 19.5. The molecule has 4 rings (SSSR count). The summed E-state index contributed by atoms with van der Waals surface area (Å²) in [4.78, 5) is 4.91. The van der Waals surface area contributed by atoms with Gasteiger partial charge in [0.2, 0.25) is 0 Å². The van der Waals surface area contributed by atoms with E-state index in [1.807, 2.05) is 18.3 Å². The first-order valence-electron chi connectivity index (χ1n) is 11.0. The Balaban J connectivity index is 1.71. The summed E-state index contributed by atoms with van der Waals surface area (Å²) in [5, 5.41) is 3.53. The molecule has 1 N–H and O–H groups in total. The highest BCUT2D eigenvalue weighted by Crippen LogP contribution is 2.34. The van der Waals surface area contributed by atoms with Gasteiger partial charge in [0, 0.05) is 17.7 Å². The first-order chi connectivity index (χ1) is 15.4. The molecule has 3 nitrogen and oxygen atoms in total. The second kappa shape index (κ2) is 9.27. The first-order valence-corrected chi connectivity index (χ1v) is 11.0. The van der Waals surface area contributed by atoms with Crippen molar-refractivity contribution in [3.05, 3.63) is 101 Å². The van der Waals surface area contributed by atoms with E-state index in [0.717, 1.165) is 34.8 Å². The number of aromatic nitrogens is 1. The van der Waals surface area contributed by atoms with Gasteiger partial charge in [-0.1, -0.05) is 42.5 Å². The van der Waals surface area contributed by atoms with Gasteiger partial charge < -0.3 is 10.1 Å². The van der Waals surface area contributed by atoms with Gasteiger partial charge in [-0.25, -0.2) is 0 Å². The average molecular weight is 423 g/mol. The summed E-state index contributed by atoms with van der Waals surface area (Å²) in [6, 6.07) is 23.5. The van der Waals surface area contributed by atoms with Crippen LogP contribution in [0.1, 0.15) is 27.8 Å². The fourth-order valence-electron chi connectivity index (χ4n) is 3.76. The molecule has 0 saturated carbocycles. The van der Waals surface area contributed by atoms with Gasteiger partial charge in [-0.2, -0.15) is 0 Å². The maximum absolute atomic E-state index is 5.26. The van der Waals surface area contributed by atoms with Gasteiger partial charge in [0.05, 0.1) is 24.7 Å². The minimum atomic E-state index is 0.723.